The molecule has 0 unspecified atom stereocenters. The molecule has 0 spiro atoms. The van der Waals surface area contributed by atoms with E-state index in [1.807, 2.05) is 54.6 Å². The molecule has 9 nitrogen and oxygen atoms in total. The van der Waals surface area contributed by atoms with Crippen LogP contribution in [0.15, 0.2) is 72.8 Å². The number of rotatable bonds is 7. The number of ether oxygens (including phenoxy) is 1. The fraction of sp³-hybridized carbons (Fsp3) is 0.300. The van der Waals surface area contributed by atoms with Gasteiger partial charge in [0.2, 0.25) is 11.8 Å². The molecule has 214 valence electrons. The minimum absolute atomic E-state index is 0.0337. The summed E-state index contributed by atoms with van der Waals surface area (Å²) >= 11 is 12.6. The maximum Gasteiger partial charge on any atom is 0.334 e. The zero-order chi connectivity index (χ0) is 29.1. The van der Waals surface area contributed by atoms with E-state index in [0.29, 0.717) is 16.5 Å². The van der Waals surface area contributed by atoms with Crippen LogP contribution in [0.2, 0.25) is 10.0 Å². The summed E-state index contributed by atoms with van der Waals surface area (Å²) in [6.07, 6.45) is -0.396. The van der Waals surface area contributed by atoms with Crippen LogP contribution in [0.3, 0.4) is 0 Å². The van der Waals surface area contributed by atoms with Crippen LogP contribution in [0.5, 0.6) is 5.75 Å². The number of hydrogen-bond donors (Lipinski definition) is 1. The van der Waals surface area contributed by atoms with E-state index in [1.54, 1.807) is 47.2 Å². The van der Waals surface area contributed by atoms with E-state index in [4.69, 9.17) is 27.9 Å². The first-order valence-corrected chi connectivity index (χ1v) is 14.0. The van der Waals surface area contributed by atoms with Gasteiger partial charge in [0.1, 0.15) is 18.0 Å². The fourth-order valence-corrected chi connectivity index (χ4v) is 5.81. The molecule has 0 radical (unpaired) electrons. The standard InChI is InChI=1S/C30H31Cl2N5O4/c1-34-19-28(38)36-26(14-20-6-4-3-5-7-20)29(39)35(17-22-10-11-23(31)15-25(22)32)18-27(36)37(34)30(40)33-16-21-8-12-24(41-2)13-9-21/h3-13,15,26-27H,14,16-19H2,1-2H3,(H,33,40)/t26-,27-/m0/s1. The quantitative estimate of drug-likeness (QED) is 0.443. The second kappa shape index (κ2) is 12.4. The Morgan fingerprint density at radius 3 is 2.41 bits per heavy atom. The number of nitrogens with zero attached hydrogens (tertiary/aromatic N) is 4. The molecule has 2 heterocycles. The zero-order valence-electron chi connectivity index (χ0n) is 22.8. The lowest BCUT2D eigenvalue weighted by atomic mass is 9.98. The average molecular weight is 597 g/mol. The highest BCUT2D eigenvalue weighted by Crippen LogP contribution is 2.30. The summed E-state index contributed by atoms with van der Waals surface area (Å²) in [5.41, 5.74) is 2.53. The van der Waals surface area contributed by atoms with Gasteiger partial charge in [-0.3, -0.25) is 9.59 Å². The number of methoxy groups -OCH3 is 1. The van der Waals surface area contributed by atoms with E-state index in [9.17, 15) is 14.4 Å². The highest BCUT2D eigenvalue weighted by atomic mass is 35.5. The van der Waals surface area contributed by atoms with E-state index in [2.05, 4.69) is 5.32 Å². The minimum atomic E-state index is -0.791. The number of nitrogens with one attached hydrogen (secondary N) is 1. The van der Waals surface area contributed by atoms with Crippen molar-refractivity contribution >= 4 is 41.0 Å². The Kier molecular flexibility index (Phi) is 8.68. The molecule has 3 aromatic rings. The molecule has 2 fully saturated rings. The number of carbonyl (C=O) groups is 3. The fourth-order valence-electron chi connectivity index (χ4n) is 5.34. The van der Waals surface area contributed by atoms with Crippen molar-refractivity contribution in [2.45, 2.75) is 31.7 Å². The first-order valence-electron chi connectivity index (χ1n) is 13.2. The molecule has 2 saturated heterocycles. The Morgan fingerprint density at radius 2 is 1.73 bits per heavy atom. The molecule has 0 saturated carbocycles. The van der Waals surface area contributed by atoms with Gasteiger partial charge in [-0.25, -0.2) is 14.8 Å². The lowest BCUT2D eigenvalue weighted by Crippen LogP contribution is -2.76. The van der Waals surface area contributed by atoms with Gasteiger partial charge in [-0.2, -0.15) is 0 Å². The Morgan fingerprint density at radius 1 is 1.00 bits per heavy atom. The van der Waals surface area contributed by atoms with Crippen LogP contribution in [-0.2, 0) is 29.1 Å². The van der Waals surface area contributed by atoms with Gasteiger partial charge >= 0.3 is 6.03 Å². The number of amides is 4. The maximum atomic E-state index is 14.0. The summed E-state index contributed by atoms with van der Waals surface area (Å²) in [6, 6.07) is 20.9. The average Bonchev–Trinajstić information content (AvgIpc) is 2.96. The molecule has 0 aliphatic carbocycles. The van der Waals surface area contributed by atoms with Crippen molar-refractivity contribution in [2.24, 2.45) is 0 Å². The summed E-state index contributed by atoms with van der Waals surface area (Å²) in [7, 11) is 3.30. The van der Waals surface area contributed by atoms with Crippen LogP contribution >= 0.6 is 23.2 Å². The molecule has 2 atom stereocenters. The van der Waals surface area contributed by atoms with Crippen molar-refractivity contribution in [3.63, 3.8) is 0 Å². The van der Waals surface area contributed by atoms with Crippen LogP contribution in [0, 0.1) is 0 Å². The lowest BCUT2D eigenvalue weighted by Gasteiger charge is -2.54. The number of hydrogen-bond acceptors (Lipinski definition) is 5. The van der Waals surface area contributed by atoms with Crippen molar-refractivity contribution in [3.8, 4) is 5.75 Å². The molecule has 0 aromatic heterocycles. The highest BCUT2D eigenvalue weighted by Gasteiger charge is 2.50. The summed E-state index contributed by atoms with van der Waals surface area (Å²) in [5.74, 6) is 0.310. The van der Waals surface area contributed by atoms with Gasteiger partial charge in [-0.05, 0) is 41.0 Å². The topological polar surface area (TPSA) is 85.4 Å². The molecule has 4 amide bonds. The van der Waals surface area contributed by atoms with Crippen LogP contribution in [0.1, 0.15) is 16.7 Å². The van der Waals surface area contributed by atoms with Crippen molar-refractivity contribution in [3.05, 3.63) is 99.5 Å². The molecule has 3 aromatic carbocycles. The SMILES string of the molecule is COc1ccc(CNC(=O)N2[C@H]3CN(Cc4ccc(Cl)cc4Cl)C(=O)[C@H](Cc4ccccc4)N3C(=O)CN2C)cc1. The number of carbonyl (C=O) groups excluding carboxylic acids is 3. The molecule has 2 aliphatic rings. The van der Waals surface area contributed by atoms with Crippen molar-refractivity contribution < 1.29 is 19.1 Å². The van der Waals surface area contributed by atoms with Gasteiger partial charge < -0.3 is 19.9 Å². The van der Waals surface area contributed by atoms with Gasteiger partial charge in [0.25, 0.3) is 0 Å². The van der Waals surface area contributed by atoms with Gasteiger partial charge in [-0.15, -0.1) is 0 Å². The third-order valence-electron chi connectivity index (χ3n) is 7.40. The zero-order valence-corrected chi connectivity index (χ0v) is 24.3. The Hall–Kier alpha value is -3.79. The van der Waals surface area contributed by atoms with Crippen LogP contribution in [0.25, 0.3) is 0 Å². The number of urea groups is 1. The number of halogens is 2. The number of likely N-dealkylation sites (N-methyl/N-ethyl adjacent to an activating group) is 1. The first kappa shape index (κ1) is 28.7. The second-order valence-electron chi connectivity index (χ2n) is 10.1. The summed E-state index contributed by atoms with van der Waals surface area (Å²) in [5, 5.41) is 7.05. The molecule has 2 aliphatic heterocycles. The maximum absolute atomic E-state index is 14.0. The number of benzene rings is 3. The van der Waals surface area contributed by atoms with Crippen molar-refractivity contribution in [2.75, 3.05) is 27.2 Å². The van der Waals surface area contributed by atoms with Crippen molar-refractivity contribution in [1.29, 1.82) is 0 Å². The van der Waals surface area contributed by atoms with Gasteiger partial charge in [0.15, 0.2) is 0 Å². The van der Waals surface area contributed by atoms with Crippen molar-refractivity contribution in [1.82, 2.24) is 25.1 Å². The third kappa shape index (κ3) is 6.27. The molecule has 41 heavy (non-hydrogen) atoms. The van der Waals surface area contributed by atoms with Gasteiger partial charge in [0, 0.05) is 36.6 Å². The Bertz CT molecular complexity index is 1420. The van der Waals surface area contributed by atoms with Gasteiger partial charge in [0.05, 0.1) is 20.2 Å². The predicted octanol–water partition coefficient (Wildman–Crippen LogP) is 4.18. The molecule has 5 rings (SSSR count). The molecular formula is C30H31Cl2N5O4. The summed E-state index contributed by atoms with van der Waals surface area (Å²) in [6.45, 7) is 0.580. The largest absolute Gasteiger partial charge is 0.497 e. The molecule has 1 N–H and O–H groups in total. The molecular weight excluding hydrogens is 565 g/mol. The number of hydrazine groups is 1. The van der Waals surface area contributed by atoms with E-state index < -0.39 is 12.2 Å². The monoisotopic (exact) mass is 595 g/mol. The molecule has 11 heteroatoms. The van der Waals surface area contributed by atoms with Gasteiger partial charge in [-0.1, -0.05) is 71.7 Å². The Balaban J connectivity index is 1.44. The van der Waals surface area contributed by atoms with Crippen LogP contribution in [-0.4, -0.2) is 77.1 Å². The smallest absolute Gasteiger partial charge is 0.334 e. The normalized spacial score (nSPS) is 19.3. The molecule has 0 bridgehead atoms. The highest BCUT2D eigenvalue weighted by molar-refractivity contribution is 6.35. The first-order chi connectivity index (χ1) is 19.7. The summed E-state index contributed by atoms with van der Waals surface area (Å²) in [4.78, 5) is 44.3. The Labute approximate surface area is 249 Å². The number of fused-ring (bicyclic) bond motifs is 1. The van der Waals surface area contributed by atoms with E-state index in [0.717, 1.165) is 22.4 Å². The van der Waals surface area contributed by atoms with E-state index in [-0.39, 0.29) is 44.0 Å². The second-order valence-corrected chi connectivity index (χ2v) is 11.0. The van der Waals surface area contributed by atoms with Crippen LogP contribution < -0.4 is 10.1 Å². The van der Waals surface area contributed by atoms with Crippen LogP contribution in [0.4, 0.5) is 4.79 Å². The number of piperazine rings is 1. The van der Waals surface area contributed by atoms with E-state index in [1.165, 1.54) is 5.01 Å². The van der Waals surface area contributed by atoms with E-state index >= 15 is 0 Å². The predicted molar refractivity (Wildman–Crippen MR) is 156 cm³/mol. The minimum Gasteiger partial charge on any atom is -0.497 e. The summed E-state index contributed by atoms with van der Waals surface area (Å²) < 4.78 is 5.21. The lowest BCUT2D eigenvalue weighted by molar-refractivity contribution is -0.187. The third-order valence-corrected chi connectivity index (χ3v) is 7.99.